The molecule has 0 unspecified atom stereocenters. The molecule has 1 aromatic heterocycles. The maximum Gasteiger partial charge on any atom is 0.176 e. The summed E-state index contributed by atoms with van der Waals surface area (Å²) in [7, 11) is 0. The van der Waals surface area contributed by atoms with Crippen LogP contribution in [0.2, 0.25) is 0 Å². The molecule has 5 heteroatoms. The molecule has 2 rings (SSSR count). The minimum Gasteiger partial charge on any atom is -0.360 e. The molecule has 0 aromatic carbocycles. The van der Waals surface area contributed by atoms with Crippen LogP contribution in [0.15, 0.2) is 6.33 Å². The van der Waals surface area contributed by atoms with Crippen LogP contribution >= 0.6 is 0 Å². The van der Waals surface area contributed by atoms with Crippen LogP contribution < -0.4 is 0 Å². The maximum absolute atomic E-state index is 8.82. The lowest BCUT2D eigenvalue weighted by Gasteiger charge is -2.04. The van der Waals surface area contributed by atoms with E-state index < -0.39 is 0 Å². The number of rotatable bonds is 4. The summed E-state index contributed by atoms with van der Waals surface area (Å²) in [6.45, 7) is 1.03. The normalized spacial score (nSPS) is 14.5. The van der Waals surface area contributed by atoms with Gasteiger partial charge in [-0.25, -0.2) is 4.98 Å². The van der Waals surface area contributed by atoms with Crippen LogP contribution in [0.5, 0.6) is 0 Å². The molecular formula is C10H10N4O. The van der Waals surface area contributed by atoms with Gasteiger partial charge in [-0.15, -0.1) is 0 Å². The number of imidazole rings is 1. The Bertz CT molecular complexity index is 433. The third kappa shape index (κ3) is 2.15. The predicted molar refractivity (Wildman–Crippen MR) is 50.3 cm³/mol. The summed E-state index contributed by atoms with van der Waals surface area (Å²) in [6, 6.07) is 3.82. The Morgan fingerprint density at radius 3 is 2.87 bits per heavy atom. The highest BCUT2D eigenvalue weighted by molar-refractivity contribution is 5.35. The van der Waals surface area contributed by atoms with Crippen LogP contribution in [0.25, 0.3) is 0 Å². The molecule has 0 atom stereocenters. The SMILES string of the molecule is N#Cc1ncn(COCC2CC2)c1C#N. The van der Waals surface area contributed by atoms with Gasteiger partial charge in [0.15, 0.2) is 11.4 Å². The van der Waals surface area contributed by atoms with Gasteiger partial charge in [-0.1, -0.05) is 0 Å². The van der Waals surface area contributed by atoms with Crippen molar-refractivity contribution in [3.8, 4) is 12.1 Å². The third-order valence-corrected chi connectivity index (χ3v) is 2.33. The van der Waals surface area contributed by atoms with Crippen molar-refractivity contribution >= 4 is 0 Å². The van der Waals surface area contributed by atoms with Crippen molar-refractivity contribution in [2.24, 2.45) is 5.92 Å². The van der Waals surface area contributed by atoms with Crippen LogP contribution in [0.4, 0.5) is 0 Å². The summed E-state index contributed by atoms with van der Waals surface area (Å²) in [4.78, 5) is 3.82. The third-order valence-electron chi connectivity index (χ3n) is 2.33. The van der Waals surface area contributed by atoms with Gasteiger partial charge in [0.1, 0.15) is 18.9 Å². The minimum absolute atomic E-state index is 0.160. The monoisotopic (exact) mass is 202 g/mol. The largest absolute Gasteiger partial charge is 0.360 e. The van der Waals surface area contributed by atoms with Crippen molar-refractivity contribution in [3.63, 3.8) is 0 Å². The van der Waals surface area contributed by atoms with Crippen LogP contribution in [0.3, 0.4) is 0 Å². The highest BCUT2D eigenvalue weighted by Crippen LogP contribution is 2.28. The second kappa shape index (κ2) is 4.12. The maximum atomic E-state index is 8.82. The molecule has 0 N–H and O–H groups in total. The van der Waals surface area contributed by atoms with E-state index in [-0.39, 0.29) is 11.4 Å². The topological polar surface area (TPSA) is 74.6 Å². The zero-order valence-corrected chi connectivity index (χ0v) is 8.18. The summed E-state index contributed by atoms with van der Waals surface area (Å²) in [5.74, 6) is 0.689. The van der Waals surface area contributed by atoms with Gasteiger partial charge >= 0.3 is 0 Å². The van der Waals surface area contributed by atoms with Crippen LogP contribution in [-0.4, -0.2) is 16.2 Å². The summed E-state index contributed by atoms with van der Waals surface area (Å²) in [6.07, 6.45) is 3.93. The molecule has 76 valence electrons. The number of aromatic nitrogens is 2. The molecule has 1 heterocycles. The molecule has 0 spiro atoms. The average Bonchev–Trinajstić information content (AvgIpc) is 2.98. The van der Waals surface area contributed by atoms with Crippen molar-refractivity contribution < 1.29 is 4.74 Å². The fourth-order valence-corrected chi connectivity index (χ4v) is 1.28. The Morgan fingerprint density at radius 2 is 2.27 bits per heavy atom. The Morgan fingerprint density at radius 1 is 1.47 bits per heavy atom. The van der Waals surface area contributed by atoms with Gasteiger partial charge in [0.25, 0.3) is 0 Å². The van der Waals surface area contributed by atoms with Crippen molar-refractivity contribution in [1.82, 2.24) is 9.55 Å². The van der Waals surface area contributed by atoms with E-state index in [9.17, 15) is 0 Å². The van der Waals surface area contributed by atoms with E-state index in [0.29, 0.717) is 12.6 Å². The van der Waals surface area contributed by atoms with E-state index in [4.69, 9.17) is 15.3 Å². The molecule has 1 aliphatic rings. The molecule has 0 bridgehead atoms. The van der Waals surface area contributed by atoms with Gasteiger partial charge in [0.05, 0.1) is 12.9 Å². The molecule has 1 saturated carbocycles. The van der Waals surface area contributed by atoms with E-state index in [2.05, 4.69) is 4.98 Å². The van der Waals surface area contributed by atoms with E-state index >= 15 is 0 Å². The van der Waals surface area contributed by atoms with Crippen molar-refractivity contribution in [2.75, 3.05) is 6.61 Å². The molecule has 0 amide bonds. The Balaban J connectivity index is 1.98. The molecule has 0 aliphatic heterocycles. The van der Waals surface area contributed by atoms with Crippen molar-refractivity contribution in [1.29, 1.82) is 10.5 Å². The zero-order valence-electron chi connectivity index (χ0n) is 8.18. The van der Waals surface area contributed by atoms with Crippen molar-refractivity contribution in [2.45, 2.75) is 19.6 Å². The molecule has 0 saturated heterocycles. The highest BCUT2D eigenvalue weighted by atomic mass is 16.5. The van der Waals surface area contributed by atoms with Gasteiger partial charge in [0, 0.05) is 0 Å². The first kappa shape index (κ1) is 9.70. The van der Waals surface area contributed by atoms with Gasteiger partial charge in [-0.3, -0.25) is 4.57 Å². The number of ether oxygens (including phenoxy) is 1. The molecule has 1 fully saturated rings. The fourth-order valence-electron chi connectivity index (χ4n) is 1.28. The van der Waals surface area contributed by atoms with Crippen LogP contribution in [-0.2, 0) is 11.5 Å². The first-order valence-electron chi connectivity index (χ1n) is 4.78. The van der Waals surface area contributed by atoms with Crippen LogP contribution in [0.1, 0.15) is 24.2 Å². The average molecular weight is 202 g/mol. The molecule has 0 radical (unpaired) electrons. The molecule has 1 aromatic rings. The summed E-state index contributed by atoms with van der Waals surface area (Å²) in [5, 5.41) is 17.5. The summed E-state index contributed by atoms with van der Waals surface area (Å²) < 4.78 is 6.96. The lowest BCUT2D eigenvalue weighted by Crippen LogP contribution is -2.05. The van der Waals surface area contributed by atoms with Crippen LogP contribution in [0, 0.1) is 28.6 Å². The number of hydrogen-bond donors (Lipinski definition) is 0. The lowest BCUT2D eigenvalue weighted by molar-refractivity contribution is 0.0684. The molecular weight excluding hydrogens is 192 g/mol. The summed E-state index contributed by atoms with van der Waals surface area (Å²) >= 11 is 0. The van der Waals surface area contributed by atoms with E-state index in [1.165, 1.54) is 19.2 Å². The Kier molecular flexibility index (Phi) is 2.66. The summed E-state index contributed by atoms with van der Waals surface area (Å²) in [5.41, 5.74) is 0.431. The fraction of sp³-hybridized carbons (Fsp3) is 0.500. The molecule has 15 heavy (non-hydrogen) atoms. The lowest BCUT2D eigenvalue weighted by atomic mass is 10.4. The Labute approximate surface area is 87.5 Å². The Hall–Kier alpha value is -1.85. The van der Waals surface area contributed by atoms with E-state index in [0.717, 1.165) is 6.61 Å². The first-order chi connectivity index (χ1) is 7.35. The van der Waals surface area contributed by atoms with Gasteiger partial charge in [-0.05, 0) is 18.8 Å². The van der Waals surface area contributed by atoms with E-state index in [1.54, 1.807) is 4.57 Å². The van der Waals surface area contributed by atoms with Gasteiger partial charge in [-0.2, -0.15) is 10.5 Å². The minimum atomic E-state index is 0.160. The second-order valence-corrected chi connectivity index (χ2v) is 3.58. The quantitative estimate of drug-likeness (QED) is 0.730. The number of hydrogen-bond acceptors (Lipinski definition) is 4. The van der Waals surface area contributed by atoms with Gasteiger partial charge < -0.3 is 4.74 Å². The number of nitriles is 2. The second-order valence-electron chi connectivity index (χ2n) is 3.58. The number of nitrogens with zero attached hydrogens (tertiary/aromatic N) is 4. The molecule has 5 nitrogen and oxygen atoms in total. The highest BCUT2D eigenvalue weighted by Gasteiger charge is 2.21. The predicted octanol–water partition coefficient (Wildman–Crippen LogP) is 1.01. The van der Waals surface area contributed by atoms with Gasteiger partial charge in [0.2, 0.25) is 0 Å². The van der Waals surface area contributed by atoms with E-state index in [1.807, 2.05) is 12.1 Å². The standard InChI is InChI=1S/C10H10N4O/c11-3-9-10(4-12)14(6-13-9)7-15-5-8-1-2-8/h6,8H,1-2,5,7H2. The molecule has 1 aliphatic carbocycles. The zero-order chi connectivity index (χ0) is 10.7. The van der Waals surface area contributed by atoms with Crippen molar-refractivity contribution in [3.05, 3.63) is 17.7 Å². The smallest absolute Gasteiger partial charge is 0.176 e. The first-order valence-corrected chi connectivity index (χ1v) is 4.78.